The Morgan fingerprint density at radius 3 is 2.77 bits per heavy atom. The van der Waals surface area contributed by atoms with Crippen molar-refractivity contribution in [3.05, 3.63) is 54.1 Å². The second kappa shape index (κ2) is 7.83. The van der Waals surface area contributed by atoms with Crippen molar-refractivity contribution in [3.63, 3.8) is 0 Å². The lowest BCUT2D eigenvalue weighted by Crippen LogP contribution is -2.48. The van der Waals surface area contributed by atoms with Crippen LogP contribution in [0.1, 0.15) is 37.4 Å². The quantitative estimate of drug-likeness (QED) is 0.861. The van der Waals surface area contributed by atoms with Crippen LogP contribution in [0.25, 0.3) is 0 Å². The molecule has 1 aliphatic heterocycles. The van der Waals surface area contributed by atoms with Gasteiger partial charge in [-0.15, -0.1) is 0 Å². The average molecular weight is 355 g/mol. The van der Waals surface area contributed by atoms with Crippen molar-refractivity contribution in [3.8, 4) is 5.75 Å². The Bertz CT molecular complexity index is 732. The second-order valence-corrected chi connectivity index (χ2v) is 6.82. The fraction of sp³-hybridized carbons (Fsp3) is 0.450. The highest BCUT2D eigenvalue weighted by molar-refractivity contribution is 5.77. The van der Waals surface area contributed by atoms with Crippen LogP contribution in [0.2, 0.25) is 0 Å². The summed E-state index contributed by atoms with van der Waals surface area (Å²) in [5.41, 5.74) is 0.487. The van der Waals surface area contributed by atoms with E-state index in [0.29, 0.717) is 19.4 Å². The van der Waals surface area contributed by atoms with Gasteiger partial charge in [-0.25, -0.2) is 0 Å². The van der Waals surface area contributed by atoms with Crippen LogP contribution >= 0.6 is 0 Å². The molecule has 1 saturated heterocycles. The number of methoxy groups -OCH3 is 1. The number of rotatable bonds is 6. The van der Waals surface area contributed by atoms with Gasteiger partial charge in [-0.05, 0) is 43.9 Å². The molecule has 0 saturated carbocycles. The van der Waals surface area contributed by atoms with Crippen molar-refractivity contribution in [1.82, 2.24) is 14.9 Å². The summed E-state index contributed by atoms with van der Waals surface area (Å²) in [4.78, 5) is 22.8. The van der Waals surface area contributed by atoms with Crippen LogP contribution in [0.15, 0.2) is 42.9 Å². The molecule has 2 heterocycles. The second-order valence-electron chi connectivity index (χ2n) is 6.82. The first-order valence-electron chi connectivity index (χ1n) is 8.93. The third-order valence-electron chi connectivity index (χ3n) is 5.11. The lowest BCUT2D eigenvalue weighted by molar-refractivity contribution is -0.137. The Labute approximate surface area is 153 Å². The molecule has 2 atom stereocenters. The number of hydrogen-bond acceptors (Lipinski definition) is 5. The Balaban J connectivity index is 1.70. The third-order valence-corrected chi connectivity index (χ3v) is 5.11. The molecule has 1 aromatic carbocycles. The molecule has 3 rings (SSSR count). The highest BCUT2D eigenvalue weighted by Gasteiger charge is 2.42. The highest BCUT2D eigenvalue weighted by Crippen LogP contribution is 2.35. The topological polar surface area (TPSA) is 75.6 Å². The molecule has 0 aliphatic carbocycles. The van der Waals surface area contributed by atoms with Crippen LogP contribution in [-0.4, -0.2) is 45.6 Å². The van der Waals surface area contributed by atoms with E-state index in [4.69, 9.17) is 4.74 Å². The van der Waals surface area contributed by atoms with Gasteiger partial charge in [0.15, 0.2) is 0 Å². The fourth-order valence-electron chi connectivity index (χ4n) is 3.61. The van der Waals surface area contributed by atoms with Crippen LogP contribution in [0.5, 0.6) is 5.75 Å². The summed E-state index contributed by atoms with van der Waals surface area (Å²) >= 11 is 0. The van der Waals surface area contributed by atoms with Crippen molar-refractivity contribution in [2.45, 2.75) is 44.2 Å². The van der Waals surface area contributed by atoms with Crippen molar-refractivity contribution in [2.75, 3.05) is 13.7 Å². The smallest absolute Gasteiger partial charge is 0.223 e. The van der Waals surface area contributed by atoms with Crippen LogP contribution < -0.4 is 4.74 Å². The minimum atomic E-state index is -1.11. The maximum absolute atomic E-state index is 12.8. The minimum Gasteiger partial charge on any atom is -0.497 e. The number of hydrogen-bond donors (Lipinski definition) is 1. The van der Waals surface area contributed by atoms with Gasteiger partial charge in [-0.3, -0.25) is 14.8 Å². The summed E-state index contributed by atoms with van der Waals surface area (Å²) in [5.74, 6) is 0.791. The summed E-state index contributed by atoms with van der Waals surface area (Å²) in [7, 11) is 1.61. The maximum atomic E-state index is 12.8. The number of ether oxygens (including phenoxy) is 1. The van der Waals surface area contributed by atoms with Crippen LogP contribution in [0.3, 0.4) is 0 Å². The Kier molecular flexibility index (Phi) is 5.52. The molecule has 0 unspecified atom stereocenters. The predicted molar refractivity (Wildman–Crippen MR) is 97.7 cm³/mol. The molecule has 1 fully saturated rings. The molecule has 1 aromatic heterocycles. The number of carbonyl (C=O) groups excluding carboxylic acids is 1. The van der Waals surface area contributed by atoms with E-state index >= 15 is 0 Å². The minimum absolute atomic E-state index is 0.0481. The number of nitrogens with zero attached hydrogens (tertiary/aromatic N) is 3. The Morgan fingerprint density at radius 2 is 2.12 bits per heavy atom. The molecule has 1 amide bonds. The zero-order valence-corrected chi connectivity index (χ0v) is 15.3. The maximum Gasteiger partial charge on any atom is 0.223 e. The molecule has 0 bridgehead atoms. The molecule has 1 N–H and O–H groups in total. The molecule has 6 nitrogen and oxygen atoms in total. The van der Waals surface area contributed by atoms with E-state index in [2.05, 4.69) is 9.97 Å². The average Bonchev–Trinajstić information content (AvgIpc) is 3.18. The number of aliphatic hydroxyl groups is 1. The van der Waals surface area contributed by atoms with E-state index in [0.717, 1.165) is 29.8 Å². The van der Waals surface area contributed by atoms with Crippen LogP contribution in [-0.2, 0) is 16.8 Å². The molecule has 1 aliphatic rings. The van der Waals surface area contributed by atoms with Crippen LogP contribution in [0.4, 0.5) is 0 Å². The number of benzene rings is 1. The van der Waals surface area contributed by atoms with E-state index in [9.17, 15) is 9.90 Å². The van der Waals surface area contributed by atoms with Gasteiger partial charge >= 0.3 is 0 Å². The first-order chi connectivity index (χ1) is 12.5. The third kappa shape index (κ3) is 3.85. The first-order valence-corrected chi connectivity index (χ1v) is 8.93. The SMILES string of the molecule is COc1ccc([C@](C)(O)[C@@H]2CCCN2C(=O)CCc2cnccn2)cc1. The normalized spacial score (nSPS) is 19.2. The summed E-state index contributed by atoms with van der Waals surface area (Å²) in [6.07, 6.45) is 7.54. The van der Waals surface area contributed by atoms with Gasteiger partial charge in [0.05, 0.1) is 18.8 Å². The lowest BCUT2D eigenvalue weighted by atomic mass is 9.86. The molecule has 0 spiro atoms. The van der Waals surface area contributed by atoms with E-state index in [1.165, 1.54) is 0 Å². The van der Waals surface area contributed by atoms with Crippen molar-refractivity contribution >= 4 is 5.91 Å². The summed E-state index contributed by atoms with van der Waals surface area (Å²) in [6, 6.07) is 7.15. The van der Waals surface area contributed by atoms with Crippen molar-refractivity contribution < 1.29 is 14.6 Å². The van der Waals surface area contributed by atoms with Crippen LogP contribution in [0, 0.1) is 0 Å². The highest BCUT2D eigenvalue weighted by atomic mass is 16.5. The van der Waals surface area contributed by atoms with E-state index in [1.807, 2.05) is 29.2 Å². The van der Waals surface area contributed by atoms with E-state index < -0.39 is 5.60 Å². The monoisotopic (exact) mass is 355 g/mol. The van der Waals surface area contributed by atoms with E-state index in [1.54, 1.807) is 32.6 Å². The number of aryl methyl sites for hydroxylation is 1. The van der Waals surface area contributed by atoms with Gasteiger partial charge < -0.3 is 14.7 Å². The molecule has 26 heavy (non-hydrogen) atoms. The van der Waals surface area contributed by atoms with Gasteiger partial charge in [0.25, 0.3) is 0 Å². The standard InChI is InChI=1S/C20H25N3O3/c1-20(25,15-5-8-17(26-2)9-6-15)18-4-3-13-23(18)19(24)10-7-16-14-21-11-12-22-16/h5-6,8-9,11-12,14,18,25H,3-4,7,10,13H2,1-2H3/t18-,20-/m0/s1. The summed E-state index contributed by atoms with van der Waals surface area (Å²) < 4.78 is 5.18. The molecular formula is C20H25N3O3. The molecule has 138 valence electrons. The Morgan fingerprint density at radius 1 is 1.35 bits per heavy atom. The molecule has 2 aromatic rings. The zero-order valence-electron chi connectivity index (χ0n) is 15.3. The van der Waals surface area contributed by atoms with Crippen molar-refractivity contribution in [1.29, 1.82) is 0 Å². The fourth-order valence-corrected chi connectivity index (χ4v) is 3.61. The zero-order chi connectivity index (χ0) is 18.6. The molecular weight excluding hydrogens is 330 g/mol. The first kappa shape index (κ1) is 18.3. The van der Waals surface area contributed by atoms with Crippen molar-refractivity contribution in [2.24, 2.45) is 0 Å². The molecule has 0 radical (unpaired) electrons. The van der Waals surface area contributed by atoms with E-state index in [-0.39, 0.29) is 11.9 Å². The summed E-state index contributed by atoms with van der Waals surface area (Å²) in [5, 5.41) is 11.2. The van der Waals surface area contributed by atoms with Gasteiger partial charge in [-0.2, -0.15) is 0 Å². The summed E-state index contributed by atoms with van der Waals surface area (Å²) in [6.45, 7) is 2.46. The number of amides is 1. The number of aromatic nitrogens is 2. The van der Waals surface area contributed by atoms with Gasteiger partial charge in [0.1, 0.15) is 11.4 Å². The lowest BCUT2D eigenvalue weighted by Gasteiger charge is -2.37. The molecule has 6 heteroatoms. The largest absolute Gasteiger partial charge is 0.497 e. The Hall–Kier alpha value is -2.47. The predicted octanol–water partition coefficient (Wildman–Crippen LogP) is 2.32. The number of carbonyl (C=O) groups is 1. The van der Waals surface area contributed by atoms with Gasteiger partial charge in [0, 0.05) is 31.6 Å². The van der Waals surface area contributed by atoms with Gasteiger partial charge in [-0.1, -0.05) is 12.1 Å². The van der Waals surface area contributed by atoms with Gasteiger partial charge in [0.2, 0.25) is 5.91 Å². The number of likely N-dealkylation sites (tertiary alicyclic amines) is 1.